The van der Waals surface area contributed by atoms with Gasteiger partial charge < -0.3 is 25.5 Å². The molecule has 172 valence electrons. The van der Waals surface area contributed by atoms with Gasteiger partial charge in [0.2, 0.25) is 0 Å². The number of hydrogen-bond donors (Lipinski definition) is 5. The van der Waals surface area contributed by atoms with Gasteiger partial charge in [-0.25, -0.2) is 9.59 Å². The first-order chi connectivity index (χ1) is 16.9. The molecule has 10 heteroatoms. The molecule has 0 aliphatic heterocycles. The SMILES string of the molecule is O=C(O)c1cccc(N=Nc2c(O)c(C(=O)Nc3ccc4[nH]c(=O)[nH]c4c3)cc3ccccc23)c1. The van der Waals surface area contributed by atoms with E-state index in [1.54, 1.807) is 54.6 Å². The number of nitrogens with one attached hydrogen (secondary N) is 3. The van der Waals surface area contributed by atoms with E-state index in [-0.39, 0.29) is 33.9 Å². The van der Waals surface area contributed by atoms with Crippen LogP contribution in [0.25, 0.3) is 21.8 Å². The van der Waals surface area contributed by atoms with E-state index >= 15 is 0 Å². The van der Waals surface area contributed by atoms with Gasteiger partial charge in [0.05, 0.1) is 27.8 Å². The molecule has 1 aromatic heterocycles. The second-order valence-electron chi connectivity index (χ2n) is 7.69. The molecule has 0 aliphatic rings. The van der Waals surface area contributed by atoms with Crippen molar-refractivity contribution in [2.75, 3.05) is 5.32 Å². The average Bonchev–Trinajstić information content (AvgIpc) is 3.22. The van der Waals surface area contributed by atoms with Crippen molar-refractivity contribution < 1.29 is 19.8 Å². The summed E-state index contributed by atoms with van der Waals surface area (Å²) in [7, 11) is 0. The van der Waals surface area contributed by atoms with E-state index in [0.29, 0.717) is 27.5 Å². The number of phenolic OH excluding ortho intramolecular Hbond substituents is 1. The molecular weight excluding hydrogens is 450 g/mol. The van der Waals surface area contributed by atoms with Crippen LogP contribution in [0.5, 0.6) is 5.75 Å². The number of aromatic amines is 2. The lowest BCUT2D eigenvalue weighted by molar-refractivity contribution is 0.0696. The van der Waals surface area contributed by atoms with Crippen LogP contribution < -0.4 is 11.0 Å². The number of nitrogens with zero attached hydrogens (tertiary/aromatic N) is 2. The van der Waals surface area contributed by atoms with Crippen molar-refractivity contribution in [1.82, 2.24) is 9.97 Å². The summed E-state index contributed by atoms with van der Waals surface area (Å²) in [4.78, 5) is 41.0. The summed E-state index contributed by atoms with van der Waals surface area (Å²) in [5.74, 6) is -2.07. The fourth-order valence-corrected chi connectivity index (χ4v) is 3.71. The Morgan fingerprint density at radius 2 is 1.66 bits per heavy atom. The van der Waals surface area contributed by atoms with Crippen LogP contribution in [0.3, 0.4) is 0 Å². The molecule has 0 spiro atoms. The molecule has 0 atom stereocenters. The number of carboxylic acid groups (broad SMARTS) is 1. The Morgan fingerprint density at radius 3 is 2.49 bits per heavy atom. The highest BCUT2D eigenvalue weighted by atomic mass is 16.4. The Balaban J connectivity index is 1.54. The molecule has 0 unspecified atom stereocenters. The average molecular weight is 467 g/mol. The molecule has 0 aliphatic carbocycles. The Bertz CT molecular complexity index is 1720. The number of aromatic nitrogens is 2. The highest BCUT2D eigenvalue weighted by Gasteiger charge is 2.19. The van der Waals surface area contributed by atoms with Gasteiger partial charge >= 0.3 is 11.7 Å². The number of aromatic hydroxyl groups is 1. The molecule has 4 aromatic carbocycles. The fourth-order valence-electron chi connectivity index (χ4n) is 3.71. The number of anilines is 1. The molecule has 0 bridgehead atoms. The molecular formula is C25H17N5O5. The first-order valence-electron chi connectivity index (χ1n) is 10.4. The van der Waals surface area contributed by atoms with Gasteiger partial charge in [0.15, 0.2) is 5.75 Å². The summed E-state index contributed by atoms with van der Waals surface area (Å²) in [6.07, 6.45) is 0. The van der Waals surface area contributed by atoms with E-state index in [1.165, 1.54) is 18.2 Å². The predicted molar refractivity (Wildman–Crippen MR) is 130 cm³/mol. The lowest BCUT2D eigenvalue weighted by atomic mass is 10.0. The number of carbonyl (C=O) groups excluding carboxylic acids is 1. The molecule has 35 heavy (non-hydrogen) atoms. The minimum absolute atomic E-state index is 0.0282. The quantitative estimate of drug-likeness (QED) is 0.228. The maximum atomic E-state index is 13.1. The molecule has 1 amide bonds. The van der Waals surface area contributed by atoms with Gasteiger partial charge in [0, 0.05) is 11.1 Å². The van der Waals surface area contributed by atoms with Gasteiger partial charge in [0.1, 0.15) is 5.69 Å². The summed E-state index contributed by atoms with van der Waals surface area (Å²) in [6.45, 7) is 0. The van der Waals surface area contributed by atoms with Gasteiger partial charge in [0.25, 0.3) is 5.91 Å². The number of rotatable bonds is 5. The Morgan fingerprint density at radius 1 is 0.857 bits per heavy atom. The van der Waals surface area contributed by atoms with Gasteiger partial charge in [-0.05, 0) is 47.9 Å². The van der Waals surface area contributed by atoms with Crippen LogP contribution in [-0.2, 0) is 0 Å². The van der Waals surface area contributed by atoms with E-state index in [4.69, 9.17) is 0 Å². The zero-order chi connectivity index (χ0) is 24.5. The molecule has 5 aromatic rings. The van der Waals surface area contributed by atoms with Crippen molar-refractivity contribution in [2.45, 2.75) is 0 Å². The maximum absolute atomic E-state index is 13.1. The highest BCUT2D eigenvalue weighted by Crippen LogP contribution is 2.39. The van der Waals surface area contributed by atoms with Gasteiger partial charge in [-0.3, -0.25) is 4.79 Å². The summed E-state index contributed by atoms with van der Waals surface area (Å²) < 4.78 is 0. The molecule has 0 saturated carbocycles. The predicted octanol–water partition coefficient (Wildman–Crippen LogP) is 5.08. The van der Waals surface area contributed by atoms with Crippen molar-refractivity contribution in [3.05, 3.63) is 94.4 Å². The fraction of sp³-hybridized carbons (Fsp3) is 0. The summed E-state index contributed by atoms with van der Waals surface area (Å²) in [5, 5.41) is 32.3. The second-order valence-corrected chi connectivity index (χ2v) is 7.69. The summed E-state index contributed by atoms with van der Waals surface area (Å²) in [5.41, 5.74) is 1.53. The van der Waals surface area contributed by atoms with Crippen molar-refractivity contribution in [3.8, 4) is 5.75 Å². The first kappa shape index (κ1) is 21.6. The molecule has 1 heterocycles. The van der Waals surface area contributed by atoms with E-state index in [9.17, 15) is 24.6 Å². The van der Waals surface area contributed by atoms with Crippen LogP contribution in [0.1, 0.15) is 20.7 Å². The Kier molecular flexibility index (Phi) is 5.30. The molecule has 10 nitrogen and oxygen atoms in total. The maximum Gasteiger partial charge on any atom is 0.335 e. The van der Waals surface area contributed by atoms with E-state index in [1.807, 2.05) is 0 Å². The number of benzene rings is 4. The number of carboxylic acids is 1. The minimum Gasteiger partial charge on any atom is -0.505 e. The molecule has 5 rings (SSSR count). The number of fused-ring (bicyclic) bond motifs is 2. The number of azo groups is 1. The van der Waals surface area contributed by atoms with Gasteiger partial charge in [-0.15, -0.1) is 5.11 Å². The van der Waals surface area contributed by atoms with Gasteiger partial charge in [-0.1, -0.05) is 30.3 Å². The van der Waals surface area contributed by atoms with Crippen LogP contribution in [0.4, 0.5) is 17.1 Å². The molecule has 5 N–H and O–H groups in total. The van der Waals surface area contributed by atoms with Crippen molar-refractivity contribution in [3.63, 3.8) is 0 Å². The second kappa shape index (κ2) is 8.60. The summed E-state index contributed by atoms with van der Waals surface area (Å²) >= 11 is 0. The topological polar surface area (TPSA) is 160 Å². The van der Waals surface area contributed by atoms with Crippen LogP contribution in [0, 0.1) is 0 Å². The number of carbonyl (C=O) groups is 2. The van der Waals surface area contributed by atoms with Gasteiger partial charge in [-0.2, -0.15) is 5.11 Å². The van der Waals surface area contributed by atoms with E-state index < -0.39 is 11.9 Å². The lowest BCUT2D eigenvalue weighted by Crippen LogP contribution is -2.12. The monoisotopic (exact) mass is 467 g/mol. The number of imidazole rings is 1. The minimum atomic E-state index is -1.10. The normalized spacial score (nSPS) is 11.3. The standard InChI is InChI=1S/C25H17N5O5/c31-22-18(23(32)26-15-8-9-19-20(12-15)28-25(35)27-19)11-13-4-1-2-7-17(13)21(22)30-29-16-6-3-5-14(10-16)24(33)34/h1-12,31H,(H,26,32)(H,33,34)(H2,27,28,35). The summed E-state index contributed by atoms with van der Waals surface area (Å²) in [6, 6.07) is 19.4. The van der Waals surface area contributed by atoms with Crippen LogP contribution in [0.15, 0.2) is 87.8 Å². The molecule has 0 saturated heterocycles. The third-order valence-electron chi connectivity index (χ3n) is 5.37. The number of phenols is 1. The largest absolute Gasteiger partial charge is 0.505 e. The number of H-pyrrole nitrogens is 2. The Labute approximate surface area is 196 Å². The highest BCUT2D eigenvalue weighted by molar-refractivity contribution is 6.12. The van der Waals surface area contributed by atoms with Crippen LogP contribution in [0.2, 0.25) is 0 Å². The van der Waals surface area contributed by atoms with E-state index in [0.717, 1.165) is 0 Å². The smallest absolute Gasteiger partial charge is 0.335 e. The number of amides is 1. The zero-order valence-electron chi connectivity index (χ0n) is 17.9. The lowest BCUT2D eigenvalue weighted by Gasteiger charge is -2.11. The third kappa shape index (κ3) is 4.23. The zero-order valence-corrected chi connectivity index (χ0v) is 17.9. The van der Waals surface area contributed by atoms with Crippen LogP contribution >= 0.6 is 0 Å². The number of hydrogen-bond acceptors (Lipinski definition) is 6. The van der Waals surface area contributed by atoms with Crippen LogP contribution in [-0.4, -0.2) is 32.1 Å². The first-order valence-corrected chi connectivity index (χ1v) is 10.4. The van der Waals surface area contributed by atoms with E-state index in [2.05, 4.69) is 25.5 Å². The molecule has 0 fully saturated rings. The molecule has 0 radical (unpaired) electrons. The van der Waals surface area contributed by atoms with Crippen molar-refractivity contribution in [2.24, 2.45) is 10.2 Å². The Hall–Kier alpha value is -5.25. The van der Waals surface area contributed by atoms with Crippen molar-refractivity contribution >= 4 is 50.7 Å². The third-order valence-corrected chi connectivity index (χ3v) is 5.37. The van der Waals surface area contributed by atoms with Crippen molar-refractivity contribution in [1.29, 1.82) is 0 Å². The number of aromatic carboxylic acids is 1.